The summed E-state index contributed by atoms with van der Waals surface area (Å²) >= 11 is 0. The molecule has 0 atom stereocenters. The van der Waals surface area contributed by atoms with Gasteiger partial charge < -0.3 is 4.98 Å². The molecule has 3 aromatic heterocycles. The fourth-order valence-corrected chi connectivity index (χ4v) is 2.33. The van der Waals surface area contributed by atoms with E-state index in [0.717, 1.165) is 10.8 Å². The maximum Gasteiger partial charge on any atom is 0.251 e. The molecule has 0 unspecified atom stereocenters. The van der Waals surface area contributed by atoms with Crippen molar-refractivity contribution in [2.24, 2.45) is 0 Å². The zero-order valence-corrected chi connectivity index (χ0v) is 11.8. The Morgan fingerprint density at radius 3 is 2.70 bits per heavy atom. The van der Waals surface area contributed by atoms with E-state index in [4.69, 9.17) is 0 Å². The van der Waals surface area contributed by atoms with Crippen LogP contribution in [0.3, 0.4) is 0 Å². The van der Waals surface area contributed by atoms with Gasteiger partial charge in [-0.15, -0.1) is 0 Å². The lowest BCUT2D eigenvalue weighted by molar-refractivity contribution is 0.630. The first kappa shape index (κ1) is 13.3. The highest BCUT2D eigenvalue weighted by Crippen LogP contribution is 2.19. The fourth-order valence-electron chi connectivity index (χ4n) is 2.33. The standard InChI is InChI=1S/C16H10FN5O/c17-12-2-1-10-8-22(9-11(10)7-12)16-19-5-3-13(20-16)15-18-6-4-14(23)21-15/h1-9H,(H,18,21,23). The van der Waals surface area contributed by atoms with Crippen LogP contribution in [-0.2, 0) is 0 Å². The van der Waals surface area contributed by atoms with E-state index in [1.165, 1.54) is 24.4 Å². The minimum atomic E-state index is -0.295. The number of nitrogens with zero attached hydrogens (tertiary/aromatic N) is 4. The van der Waals surface area contributed by atoms with Crippen LogP contribution in [0.25, 0.3) is 28.2 Å². The van der Waals surface area contributed by atoms with Crippen molar-refractivity contribution in [3.05, 3.63) is 71.3 Å². The van der Waals surface area contributed by atoms with E-state index in [0.29, 0.717) is 17.5 Å². The van der Waals surface area contributed by atoms with Gasteiger partial charge in [0.1, 0.15) is 11.5 Å². The summed E-state index contributed by atoms with van der Waals surface area (Å²) in [7, 11) is 0. The summed E-state index contributed by atoms with van der Waals surface area (Å²) in [6.45, 7) is 0. The van der Waals surface area contributed by atoms with Gasteiger partial charge in [0.15, 0.2) is 5.82 Å². The molecular weight excluding hydrogens is 297 g/mol. The molecule has 0 spiro atoms. The molecule has 112 valence electrons. The molecule has 4 aromatic rings. The van der Waals surface area contributed by atoms with Crippen molar-refractivity contribution in [2.75, 3.05) is 0 Å². The number of nitrogens with one attached hydrogen (secondary N) is 1. The first-order valence-corrected chi connectivity index (χ1v) is 6.85. The molecule has 1 aromatic carbocycles. The van der Waals surface area contributed by atoms with E-state index in [1.54, 1.807) is 29.1 Å². The molecule has 0 saturated carbocycles. The van der Waals surface area contributed by atoms with Crippen molar-refractivity contribution < 1.29 is 4.39 Å². The molecule has 0 radical (unpaired) electrons. The lowest BCUT2D eigenvalue weighted by Crippen LogP contribution is -2.07. The molecule has 0 saturated heterocycles. The van der Waals surface area contributed by atoms with E-state index in [-0.39, 0.29) is 11.4 Å². The van der Waals surface area contributed by atoms with E-state index in [9.17, 15) is 9.18 Å². The molecule has 6 nitrogen and oxygen atoms in total. The van der Waals surface area contributed by atoms with Crippen molar-refractivity contribution in [2.45, 2.75) is 0 Å². The second kappa shape index (κ2) is 5.13. The van der Waals surface area contributed by atoms with Gasteiger partial charge in [-0.25, -0.2) is 19.3 Å². The van der Waals surface area contributed by atoms with Crippen LogP contribution in [0.2, 0.25) is 0 Å². The summed E-state index contributed by atoms with van der Waals surface area (Å²) in [6, 6.07) is 7.54. The number of aromatic nitrogens is 5. The van der Waals surface area contributed by atoms with Crippen molar-refractivity contribution in [1.82, 2.24) is 24.5 Å². The van der Waals surface area contributed by atoms with Crippen LogP contribution in [0.5, 0.6) is 0 Å². The van der Waals surface area contributed by atoms with Crippen molar-refractivity contribution in [3.8, 4) is 17.5 Å². The SMILES string of the molecule is O=c1ccnc(-c2ccnc(-n3cc4ccc(F)cc4c3)n2)[nH]1. The smallest absolute Gasteiger partial charge is 0.251 e. The third kappa shape index (κ3) is 2.48. The van der Waals surface area contributed by atoms with Gasteiger partial charge in [-0.1, -0.05) is 0 Å². The van der Waals surface area contributed by atoms with Crippen LogP contribution in [0, 0.1) is 5.82 Å². The van der Waals surface area contributed by atoms with Gasteiger partial charge in [-0.2, -0.15) is 0 Å². The van der Waals surface area contributed by atoms with E-state index in [2.05, 4.69) is 19.9 Å². The van der Waals surface area contributed by atoms with Crippen LogP contribution in [0.4, 0.5) is 4.39 Å². The number of rotatable bonds is 2. The Kier molecular flexibility index (Phi) is 2.97. The third-order valence-electron chi connectivity index (χ3n) is 3.39. The van der Waals surface area contributed by atoms with Crippen LogP contribution in [0.15, 0.2) is 59.9 Å². The molecular formula is C16H10FN5O. The quantitative estimate of drug-likeness (QED) is 0.616. The molecule has 3 heterocycles. The molecule has 1 N–H and O–H groups in total. The van der Waals surface area contributed by atoms with Gasteiger partial charge in [-0.3, -0.25) is 9.36 Å². The summed E-state index contributed by atoms with van der Waals surface area (Å²) in [6.07, 6.45) is 6.56. The van der Waals surface area contributed by atoms with Gasteiger partial charge in [0.2, 0.25) is 5.95 Å². The highest BCUT2D eigenvalue weighted by molar-refractivity contribution is 5.82. The number of halogens is 1. The average Bonchev–Trinajstić information content (AvgIpc) is 2.98. The second-order valence-corrected chi connectivity index (χ2v) is 4.96. The molecule has 0 aliphatic carbocycles. The Bertz CT molecular complexity index is 1070. The summed E-state index contributed by atoms with van der Waals surface area (Å²) in [5.74, 6) is 0.477. The highest BCUT2D eigenvalue weighted by Gasteiger charge is 2.07. The van der Waals surface area contributed by atoms with Crippen LogP contribution >= 0.6 is 0 Å². The predicted molar refractivity (Wildman–Crippen MR) is 82.7 cm³/mol. The number of H-pyrrole nitrogens is 1. The summed E-state index contributed by atoms with van der Waals surface area (Å²) < 4.78 is 15.0. The predicted octanol–water partition coefficient (Wildman–Crippen LogP) is 2.31. The number of hydrogen-bond acceptors (Lipinski definition) is 4. The number of aromatic amines is 1. The molecule has 23 heavy (non-hydrogen) atoms. The molecule has 7 heteroatoms. The van der Waals surface area contributed by atoms with Gasteiger partial charge >= 0.3 is 0 Å². The molecule has 0 aliphatic heterocycles. The van der Waals surface area contributed by atoms with Crippen LogP contribution < -0.4 is 5.56 Å². The van der Waals surface area contributed by atoms with E-state index in [1.807, 2.05) is 6.20 Å². The number of fused-ring (bicyclic) bond motifs is 1. The van der Waals surface area contributed by atoms with Gasteiger partial charge in [0.05, 0.1) is 0 Å². The number of hydrogen-bond donors (Lipinski definition) is 1. The van der Waals surface area contributed by atoms with Crippen molar-refractivity contribution >= 4 is 10.8 Å². The zero-order chi connectivity index (χ0) is 15.8. The van der Waals surface area contributed by atoms with Crippen LogP contribution in [0.1, 0.15) is 0 Å². The molecule has 0 bridgehead atoms. The first-order valence-electron chi connectivity index (χ1n) is 6.85. The second-order valence-electron chi connectivity index (χ2n) is 4.96. The lowest BCUT2D eigenvalue weighted by atomic mass is 10.2. The van der Waals surface area contributed by atoms with Crippen LogP contribution in [-0.4, -0.2) is 24.5 Å². The highest BCUT2D eigenvalue weighted by atomic mass is 19.1. The number of benzene rings is 1. The topological polar surface area (TPSA) is 76.5 Å². The Morgan fingerprint density at radius 1 is 1.00 bits per heavy atom. The summed E-state index contributed by atoms with van der Waals surface area (Å²) in [5, 5.41) is 1.64. The Morgan fingerprint density at radius 2 is 1.83 bits per heavy atom. The monoisotopic (exact) mass is 307 g/mol. The minimum absolute atomic E-state index is 0.252. The van der Waals surface area contributed by atoms with Crippen molar-refractivity contribution in [1.29, 1.82) is 0 Å². The first-order chi connectivity index (χ1) is 11.2. The largest absolute Gasteiger partial charge is 0.305 e. The third-order valence-corrected chi connectivity index (χ3v) is 3.39. The van der Waals surface area contributed by atoms with Gasteiger partial charge in [-0.05, 0) is 24.3 Å². The Hall–Kier alpha value is -3.35. The fraction of sp³-hybridized carbons (Fsp3) is 0. The van der Waals surface area contributed by atoms with E-state index < -0.39 is 0 Å². The normalized spacial score (nSPS) is 11.0. The van der Waals surface area contributed by atoms with Gasteiger partial charge in [0.25, 0.3) is 5.56 Å². The van der Waals surface area contributed by atoms with E-state index >= 15 is 0 Å². The Labute approximate surface area is 129 Å². The molecule has 0 amide bonds. The maximum atomic E-state index is 13.3. The molecule has 0 fully saturated rings. The maximum absolute atomic E-state index is 13.3. The Balaban J connectivity index is 1.82. The summed E-state index contributed by atoms with van der Waals surface area (Å²) in [4.78, 5) is 26.7. The molecule has 0 aliphatic rings. The zero-order valence-electron chi connectivity index (χ0n) is 11.8. The van der Waals surface area contributed by atoms with Gasteiger partial charge in [0, 0.05) is 41.6 Å². The average molecular weight is 307 g/mol. The lowest BCUT2D eigenvalue weighted by Gasteiger charge is -2.03. The molecule has 4 rings (SSSR count). The van der Waals surface area contributed by atoms with Crippen molar-refractivity contribution in [3.63, 3.8) is 0 Å². The summed E-state index contributed by atoms with van der Waals surface area (Å²) in [5.41, 5.74) is 0.244. The minimum Gasteiger partial charge on any atom is -0.305 e.